The molecule has 2 aromatic heterocycles. The first-order valence-corrected chi connectivity index (χ1v) is 10.8. The fourth-order valence-electron chi connectivity index (χ4n) is 3.31. The third-order valence-corrected chi connectivity index (χ3v) is 6.02. The van der Waals surface area contributed by atoms with Crippen LogP contribution >= 0.6 is 0 Å². The van der Waals surface area contributed by atoms with Crippen molar-refractivity contribution >= 4 is 38.8 Å². The molecule has 1 aliphatic rings. The van der Waals surface area contributed by atoms with Gasteiger partial charge >= 0.3 is 0 Å². The van der Waals surface area contributed by atoms with Crippen LogP contribution in [0.5, 0.6) is 0 Å². The molecule has 32 heavy (non-hydrogen) atoms. The third-order valence-electron chi connectivity index (χ3n) is 4.73. The van der Waals surface area contributed by atoms with E-state index in [4.69, 9.17) is 8.83 Å². The van der Waals surface area contributed by atoms with E-state index in [1.54, 1.807) is 29.2 Å². The number of furan rings is 2. The second-order valence-corrected chi connectivity index (χ2v) is 8.37. The van der Waals surface area contributed by atoms with Gasteiger partial charge < -0.3 is 14.2 Å². The molecular weight excluding hydrogens is 437 g/mol. The molecule has 0 saturated carbocycles. The molecule has 0 radical (unpaired) electrons. The monoisotopic (exact) mass is 451 g/mol. The van der Waals surface area contributed by atoms with Gasteiger partial charge in [-0.1, -0.05) is 0 Å². The van der Waals surface area contributed by atoms with Gasteiger partial charge in [-0.2, -0.15) is 8.42 Å². The Hall–Kier alpha value is -4.18. The van der Waals surface area contributed by atoms with Gasteiger partial charge in [-0.25, -0.2) is 4.39 Å². The van der Waals surface area contributed by atoms with Crippen molar-refractivity contribution in [3.63, 3.8) is 0 Å². The second kappa shape index (κ2) is 7.50. The molecule has 0 bridgehead atoms. The van der Waals surface area contributed by atoms with Gasteiger partial charge in [-0.3, -0.25) is 9.69 Å². The molecule has 0 aliphatic carbocycles. The van der Waals surface area contributed by atoms with Crippen molar-refractivity contribution in [2.75, 3.05) is 10.2 Å². The van der Waals surface area contributed by atoms with E-state index >= 15 is 0 Å². The van der Waals surface area contributed by atoms with Crippen LogP contribution < -0.4 is 10.2 Å². The van der Waals surface area contributed by atoms with Crippen molar-refractivity contribution in [2.45, 2.75) is 4.90 Å². The Balaban J connectivity index is 1.63. The molecule has 0 fully saturated rings. The number of anilines is 3. The van der Waals surface area contributed by atoms with Gasteiger partial charge in [0.25, 0.3) is 15.9 Å². The van der Waals surface area contributed by atoms with Crippen LogP contribution in [0.25, 0.3) is 0 Å². The van der Waals surface area contributed by atoms with Gasteiger partial charge in [0.05, 0.1) is 18.2 Å². The van der Waals surface area contributed by atoms with Gasteiger partial charge in [0.1, 0.15) is 10.7 Å². The van der Waals surface area contributed by atoms with Gasteiger partial charge in [0.2, 0.25) is 0 Å². The molecule has 8 nitrogen and oxygen atoms in total. The highest BCUT2D eigenvalue weighted by molar-refractivity contribution is 7.90. The molecule has 5 rings (SSSR count). The number of hydrogen-bond acceptors (Lipinski definition) is 6. The molecule has 0 unspecified atom stereocenters. The number of nitrogens with zero attached hydrogens (tertiary/aromatic N) is 2. The number of amides is 1. The van der Waals surface area contributed by atoms with Crippen LogP contribution in [0.15, 0.2) is 97.4 Å². The van der Waals surface area contributed by atoms with Crippen LogP contribution in [0.3, 0.4) is 0 Å². The summed E-state index contributed by atoms with van der Waals surface area (Å²) < 4.78 is 54.0. The van der Waals surface area contributed by atoms with Crippen LogP contribution in [0.1, 0.15) is 16.3 Å². The molecule has 0 saturated heterocycles. The standard InChI is InChI=1S/C22H14FN3O5S/c23-14-5-8-16(9-6-14)26-17-10-7-15(24-22(27)19-4-2-12-31-19)13-20(17)32(28,29)25-21(26)18-3-1-11-30-18/h1-13H,(H,24,27). The number of fused-ring (bicyclic) bond motifs is 1. The number of hydrogen-bond donors (Lipinski definition) is 1. The highest BCUT2D eigenvalue weighted by Gasteiger charge is 2.34. The molecule has 1 N–H and O–H groups in total. The first-order valence-electron chi connectivity index (χ1n) is 9.36. The van der Waals surface area contributed by atoms with E-state index in [0.29, 0.717) is 5.69 Å². The number of sulfonamides is 1. The summed E-state index contributed by atoms with van der Waals surface area (Å²) in [6.45, 7) is 0. The molecule has 2 aromatic carbocycles. The van der Waals surface area contributed by atoms with Gasteiger partial charge in [0, 0.05) is 11.4 Å². The largest absolute Gasteiger partial charge is 0.461 e. The Labute approximate surface area is 181 Å². The zero-order chi connectivity index (χ0) is 22.3. The van der Waals surface area contributed by atoms with E-state index < -0.39 is 21.7 Å². The number of rotatable bonds is 4. The quantitative estimate of drug-likeness (QED) is 0.488. The molecular formula is C22H14FN3O5S. The van der Waals surface area contributed by atoms with Crippen molar-refractivity contribution in [2.24, 2.45) is 4.40 Å². The molecule has 10 heteroatoms. The van der Waals surface area contributed by atoms with E-state index in [9.17, 15) is 17.6 Å². The van der Waals surface area contributed by atoms with Crippen LogP contribution in [-0.4, -0.2) is 20.2 Å². The van der Waals surface area contributed by atoms with E-state index in [2.05, 4.69) is 9.71 Å². The summed E-state index contributed by atoms with van der Waals surface area (Å²) in [6.07, 6.45) is 2.76. The van der Waals surface area contributed by atoms with Crippen LogP contribution in [-0.2, 0) is 10.0 Å². The number of halogens is 1. The average molecular weight is 451 g/mol. The number of benzene rings is 2. The number of amidine groups is 1. The van der Waals surface area contributed by atoms with Gasteiger partial charge in [0.15, 0.2) is 17.4 Å². The maximum atomic E-state index is 13.5. The third kappa shape index (κ3) is 3.46. The molecule has 0 spiro atoms. The van der Waals surface area contributed by atoms with Crippen LogP contribution in [0.2, 0.25) is 0 Å². The van der Waals surface area contributed by atoms with Gasteiger partial charge in [-0.05, 0) is 66.7 Å². The minimum absolute atomic E-state index is 0.0291. The lowest BCUT2D eigenvalue weighted by atomic mass is 10.2. The summed E-state index contributed by atoms with van der Waals surface area (Å²) in [5.74, 6) is -0.638. The Morgan fingerprint density at radius 2 is 1.72 bits per heavy atom. The van der Waals surface area contributed by atoms with Gasteiger partial charge in [-0.15, -0.1) is 4.40 Å². The summed E-state index contributed by atoms with van der Waals surface area (Å²) in [4.78, 5) is 13.7. The summed E-state index contributed by atoms with van der Waals surface area (Å²) in [5.41, 5.74) is 0.989. The summed E-state index contributed by atoms with van der Waals surface area (Å²) >= 11 is 0. The van der Waals surface area contributed by atoms with E-state index in [-0.39, 0.29) is 33.6 Å². The smallest absolute Gasteiger partial charge is 0.291 e. The summed E-state index contributed by atoms with van der Waals surface area (Å²) in [6, 6.07) is 16.2. The minimum Gasteiger partial charge on any atom is -0.461 e. The first kappa shape index (κ1) is 19.8. The topological polar surface area (TPSA) is 105 Å². The number of carbonyl (C=O) groups excluding carboxylic acids is 1. The second-order valence-electron chi connectivity index (χ2n) is 6.79. The fraction of sp³-hybridized carbons (Fsp3) is 0. The predicted octanol–water partition coefficient (Wildman–Crippen LogP) is 4.55. The predicted molar refractivity (Wildman–Crippen MR) is 114 cm³/mol. The Bertz CT molecular complexity index is 1430. The van der Waals surface area contributed by atoms with Crippen LogP contribution in [0, 0.1) is 5.82 Å². The maximum absolute atomic E-state index is 13.5. The molecule has 1 amide bonds. The number of nitrogens with one attached hydrogen (secondary N) is 1. The Morgan fingerprint density at radius 1 is 0.969 bits per heavy atom. The van der Waals surface area contributed by atoms with Crippen molar-refractivity contribution in [1.82, 2.24) is 0 Å². The highest BCUT2D eigenvalue weighted by atomic mass is 32.2. The minimum atomic E-state index is -4.14. The Morgan fingerprint density at radius 3 is 2.41 bits per heavy atom. The number of carbonyl (C=O) groups is 1. The summed E-state index contributed by atoms with van der Waals surface area (Å²) in [5, 5.41) is 2.60. The fourth-order valence-corrected chi connectivity index (χ4v) is 4.51. The molecule has 3 heterocycles. The zero-order valence-corrected chi connectivity index (χ0v) is 17.0. The maximum Gasteiger partial charge on any atom is 0.291 e. The first-order chi connectivity index (χ1) is 15.4. The lowest BCUT2D eigenvalue weighted by molar-refractivity contribution is 0.0996. The SMILES string of the molecule is O=C(Nc1ccc2c(c1)S(=O)(=O)N=C(c1ccco1)N2c1ccc(F)cc1)c1ccco1. The molecule has 4 aromatic rings. The average Bonchev–Trinajstić information content (AvgIpc) is 3.49. The normalized spacial score (nSPS) is 14.5. The van der Waals surface area contributed by atoms with Crippen molar-refractivity contribution in [3.8, 4) is 0 Å². The highest BCUT2D eigenvalue weighted by Crippen LogP contribution is 2.39. The lowest BCUT2D eigenvalue weighted by Gasteiger charge is -2.30. The van der Waals surface area contributed by atoms with E-state index in [1.807, 2.05) is 0 Å². The van der Waals surface area contributed by atoms with Crippen molar-refractivity contribution < 1.29 is 26.4 Å². The van der Waals surface area contributed by atoms with E-state index in [0.717, 1.165) is 0 Å². The zero-order valence-electron chi connectivity index (χ0n) is 16.2. The van der Waals surface area contributed by atoms with Crippen molar-refractivity contribution in [3.05, 3.63) is 96.6 Å². The van der Waals surface area contributed by atoms with Crippen molar-refractivity contribution in [1.29, 1.82) is 0 Å². The molecule has 0 atom stereocenters. The molecule has 160 valence electrons. The lowest BCUT2D eigenvalue weighted by Crippen LogP contribution is -2.32. The molecule has 1 aliphatic heterocycles. The van der Waals surface area contributed by atoms with Crippen LogP contribution in [0.4, 0.5) is 21.5 Å². The Kier molecular flexibility index (Phi) is 4.63. The van der Waals surface area contributed by atoms with E-state index in [1.165, 1.54) is 55.0 Å². The summed E-state index contributed by atoms with van der Waals surface area (Å²) in [7, 11) is -4.14.